The summed E-state index contributed by atoms with van der Waals surface area (Å²) >= 11 is 0. The zero-order chi connectivity index (χ0) is 15.1. The fourth-order valence-electron chi connectivity index (χ4n) is 2.35. The van der Waals surface area contributed by atoms with Crippen molar-refractivity contribution in [2.75, 3.05) is 23.7 Å². The Balaban J connectivity index is 1.94. The highest BCUT2D eigenvalue weighted by Gasteiger charge is 2.14. The molecule has 21 heavy (non-hydrogen) atoms. The topological polar surface area (TPSA) is 75.2 Å². The second-order valence-corrected chi connectivity index (χ2v) is 7.30. The van der Waals surface area contributed by atoms with Crippen LogP contribution >= 0.6 is 0 Å². The van der Waals surface area contributed by atoms with Gasteiger partial charge < -0.3 is 4.90 Å². The van der Waals surface area contributed by atoms with Gasteiger partial charge in [-0.1, -0.05) is 13.3 Å². The number of sulfonamides is 1. The van der Waals surface area contributed by atoms with Gasteiger partial charge in [0.1, 0.15) is 11.6 Å². The summed E-state index contributed by atoms with van der Waals surface area (Å²) in [5.74, 6) is 1.58. The lowest BCUT2D eigenvalue weighted by Crippen LogP contribution is -2.31. The molecule has 0 spiro atoms. The Bertz CT molecular complexity index is 542. The third kappa shape index (κ3) is 5.24. The highest BCUT2D eigenvalue weighted by molar-refractivity contribution is 7.89. The van der Waals surface area contributed by atoms with E-state index in [-0.39, 0.29) is 12.3 Å². The molecule has 0 bridgehead atoms. The van der Waals surface area contributed by atoms with E-state index in [0.29, 0.717) is 12.2 Å². The van der Waals surface area contributed by atoms with Crippen LogP contribution in [0.25, 0.3) is 0 Å². The van der Waals surface area contributed by atoms with E-state index in [1.807, 2.05) is 13.0 Å². The Morgan fingerprint density at radius 2 is 2.05 bits per heavy atom. The van der Waals surface area contributed by atoms with Crippen LogP contribution in [-0.4, -0.2) is 37.2 Å². The van der Waals surface area contributed by atoms with Crippen LogP contribution in [-0.2, 0) is 16.6 Å². The quantitative estimate of drug-likeness (QED) is 0.829. The number of nitrogens with one attached hydrogen (secondary N) is 1. The molecule has 1 aromatic heterocycles. The van der Waals surface area contributed by atoms with Crippen molar-refractivity contribution in [2.24, 2.45) is 0 Å². The molecule has 0 atom stereocenters. The van der Waals surface area contributed by atoms with Gasteiger partial charge in [0, 0.05) is 19.3 Å². The van der Waals surface area contributed by atoms with Gasteiger partial charge in [-0.2, -0.15) is 0 Å². The molecule has 0 aliphatic carbocycles. The van der Waals surface area contributed by atoms with E-state index in [1.165, 1.54) is 19.3 Å². The van der Waals surface area contributed by atoms with E-state index >= 15 is 0 Å². The highest BCUT2D eigenvalue weighted by atomic mass is 32.2. The first kappa shape index (κ1) is 16.2. The zero-order valence-corrected chi connectivity index (χ0v) is 13.4. The van der Waals surface area contributed by atoms with Gasteiger partial charge in [0.15, 0.2) is 0 Å². The maximum absolute atomic E-state index is 11.8. The summed E-state index contributed by atoms with van der Waals surface area (Å²) in [5.41, 5.74) is 0. The van der Waals surface area contributed by atoms with Crippen molar-refractivity contribution in [3.63, 3.8) is 0 Å². The smallest absolute Gasteiger partial charge is 0.212 e. The maximum Gasteiger partial charge on any atom is 0.212 e. The summed E-state index contributed by atoms with van der Waals surface area (Å²) in [5, 5.41) is 0. The lowest BCUT2D eigenvalue weighted by atomic mass is 10.1. The van der Waals surface area contributed by atoms with Gasteiger partial charge >= 0.3 is 0 Å². The van der Waals surface area contributed by atoms with Crippen LogP contribution in [0.15, 0.2) is 12.3 Å². The second kappa shape index (κ2) is 7.70. The molecule has 1 N–H and O–H groups in total. The molecule has 2 heterocycles. The molecule has 0 aromatic carbocycles. The van der Waals surface area contributed by atoms with E-state index in [4.69, 9.17) is 0 Å². The number of aromatic nitrogens is 2. The first-order valence-corrected chi connectivity index (χ1v) is 9.30. The van der Waals surface area contributed by atoms with E-state index < -0.39 is 10.0 Å². The minimum absolute atomic E-state index is 0.160. The van der Waals surface area contributed by atoms with Crippen molar-refractivity contribution in [1.82, 2.24) is 14.7 Å². The fraction of sp³-hybridized carbons (Fsp3) is 0.714. The van der Waals surface area contributed by atoms with Gasteiger partial charge in [0.05, 0.1) is 12.3 Å². The second-order valence-electron chi connectivity index (χ2n) is 5.37. The average Bonchev–Trinajstić information content (AvgIpc) is 2.52. The minimum Gasteiger partial charge on any atom is -0.357 e. The molecule has 1 saturated heterocycles. The van der Waals surface area contributed by atoms with Gasteiger partial charge in [0.2, 0.25) is 10.0 Å². The van der Waals surface area contributed by atoms with Crippen molar-refractivity contribution in [2.45, 2.75) is 45.6 Å². The van der Waals surface area contributed by atoms with E-state index in [1.54, 1.807) is 6.20 Å². The molecule has 1 aromatic rings. The molecule has 118 valence electrons. The molecular formula is C14H24N4O2S. The summed E-state index contributed by atoms with van der Waals surface area (Å²) in [6, 6.07) is 1.89. The Hall–Kier alpha value is -1.21. The summed E-state index contributed by atoms with van der Waals surface area (Å²) < 4.78 is 26.1. The molecule has 0 radical (unpaired) electrons. The van der Waals surface area contributed by atoms with Crippen molar-refractivity contribution in [3.8, 4) is 0 Å². The average molecular weight is 312 g/mol. The summed E-state index contributed by atoms with van der Waals surface area (Å²) in [6.07, 6.45) is 6.87. The van der Waals surface area contributed by atoms with Crippen molar-refractivity contribution < 1.29 is 8.42 Å². The Kier molecular flexibility index (Phi) is 5.93. The first-order chi connectivity index (χ1) is 10.1. The lowest BCUT2D eigenvalue weighted by molar-refractivity contribution is 0.568. The Labute approximate surface area is 127 Å². The molecule has 0 unspecified atom stereocenters. The molecular weight excluding hydrogens is 288 g/mol. The van der Waals surface area contributed by atoms with Crippen molar-refractivity contribution >= 4 is 15.8 Å². The summed E-state index contributed by atoms with van der Waals surface area (Å²) in [4.78, 5) is 10.9. The van der Waals surface area contributed by atoms with Crippen LogP contribution in [0.3, 0.4) is 0 Å². The van der Waals surface area contributed by atoms with Crippen LogP contribution in [0.5, 0.6) is 0 Å². The SMILES string of the molecule is CCCCS(=O)(=O)NCc1nccc(N2CCCCC2)n1. The van der Waals surface area contributed by atoms with E-state index in [9.17, 15) is 8.42 Å². The predicted molar refractivity (Wildman–Crippen MR) is 83.6 cm³/mol. The van der Waals surface area contributed by atoms with Gasteiger partial charge in [-0.15, -0.1) is 0 Å². The zero-order valence-electron chi connectivity index (χ0n) is 12.6. The number of hydrogen-bond acceptors (Lipinski definition) is 5. The number of nitrogens with zero attached hydrogens (tertiary/aromatic N) is 3. The van der Waals surface area contributed by atoms with Gasteiger partial charge in [-0.25, -0.2) is 23.1 Å². The van der Waals surface area contributed by atoms with Crippen molar-refractivity contribution in [1.29, 1.82) is 0 Å². The molecule has 0 amide bonds. The lowest BCUT2D eigenvalue weighted by Gasteiger charge is -2.27. The molecule has 1 aliphatic heterocycles. The predicted octanol–water partition coefficient (Wildman–Crippen LogP) is 1.69. The molecule has 6 nitrogen and oxygen atoms in total. The third-order valence-corrected chi connectivity index (χ3v) is 5.00. The van der Waals surface area contributed by atoms with Crippen LogP contribution in [0.1, 0.15) is 44.9 Å². The van der Waals surface area contributed by atoms with Gasteiger partial charge in [-0.05, 0) is 31.7 Å². The normalized spacial score (nSPS) is 16.1. The molecule has 1 aliphatic rings. The van der Waals surface area contributed by atoms with Gasteiger partial charge in [-0.3, -0.25) is 0 Å². The number of unbranched alkanes of at least 4 members (excludes halogenated alkanes) is 1. The van der Waals surface area contributed by atoms with E-state index in [0.717, 1.165) is 25.3 Å². The summed E-state index contributed by atoms with van der Waals surface area (Å²) in [6.45, 7) is 4.16. The van der Waals surface area contributed by atoms with E-state index in [2.05, 4.69) is 19.6 Å². The number of hydrogen-bond donors (Lipinski definition) is 1. The molecule has 2 rings (SSSR count). The van der Waals surface area contributed by atoms with Crippen LogP contribution in [0.4, 0.5) is 5.82 Å². The standard InChI is InChI=1S/C14H24N4O2S/c1-2-3-11-21(19,20)16-12-13-15-8-7-14(17-13)18-9-5-4-6-10-18/h7-8,16H,2-6,9-12H2,1H3. The summed E-state index contributed by atoms with van der Waals surface area (Å²) in [7, 11) is -3.22. The number of rotatable bonds is 7. The molecule has 1 fully saturated rings. The largest absolute Gasteiger partial charge is 0.357 e. The Morgan fingerprint density at radius 1 is 1.29 bits per heavy atom. The van der Waals surface area contributed by atoms with Crippen LogP contribution in [0.2, 0.25) is 0 Å². The monoisotopic (exact) mass is 312 g/mol. The fourth-order valence-corrected chi connectivity index (χ4v) is 3.52. The first-order valence-electron chi connectivity index (χ1n) is 7.65. The van der Waals surface area contributed by atoms with Crippen LogP contribution in [0, 0.1) is 0 Å². The van der Waals surface area contributed by atoms with Crippen molar-refractivity contribution in [3.05, 3.63) is 18.1 Å². The van der Waals surface area contributed by atoms with Crippen LogP contribution < -0.4 is 9.62 Å². The molecule has 7 heteroatoms. The highest BCUT2D eigenvalue weighted by Crippen LogP contribution is 2.16. The minimum atomic E-state index is -3.22. The van der Waals surface area contributed by atoms with Gasteiger partial charge in [0.25, 0.3) is 0 Å². The Morgan fingerprint density at radius 3 is 2.76 bits per heavy atom. The number of piperidine rings is 1. The third-order valence-electron chi connectivity index (χ3n) is 3.59. The number of anilines is 1. The molecule has 0 saturated carbocycles. The maximum atomic E-state index is 11.8.